The van der Waals surface area contributed by atoms with Crippen LogP contribution in [0.5, 0.6) is 5.75 Å². The second-order valence-corrected chi connectivity index (χ2v) is 9.43. The molecule has 1 saturated heterocycles. The van der Waals surface area contributed by atoms with Crippen LogP contribution in [0.15, 0.2) is 42.5 Å². The Kier molecular flexibility index (Phi) is 5.19. The molecule has 0 aliphatic carbocycles. The summed E-state index contributed by atoms with van der Waals surface area (Å²) in [6.07, 6.45) is 0.871. The third kappa shape index (κ3) is 3.69. The first kappa shape index (κ1) is 19.8. The van der Waals surface area contributed by atoms with Crippen LogP contribution in [0.4, 0.5) is 5.69 Å². The van der Waals surface area contributed by atoms with Crippen LogP contribution in [0.1, 0.15) is 15.4 Å². The number of likely N-dealkylation sites (tertiary alicyclic amines) is 1. The van der Waals surface area contributed by atoms with Crippen molar-refractivity contribution in [3.63, 3.8) is 0 Å². The average Bonchev–Trinajstić information content (AvgIpc) is 3.14. The Balaban J connectivity index is 1.37. The number of carbonyl (C=O) groups excluding carboxylic acids is 1. The van der Waals surface area contributed by atoms with E-state index < -0.39 is 0 Å². The molecule has 0 atom stereocenters. The molecular formula is C22H19Cl2N3O2S. The highest BCUT2D eigenvalue weighted by molar-refractivity contribution is 7.17. The number of nitrogens with zero attached hydrogens (tertiary/aromatic N) is 3. The van der Waals surface area contributed by atoms with Crippen LogP contribution in [0.25, 0.3) is 10.6 Å². The number of aromatic nitrogens is 1. The van der Waals surface area contributed by atoms with E-state index in [0.29, 0.717) is 33.6 Å². The first-order chi connectivity index (χ1) is 14.5. The Labute approximate surface area is 188 Å². The molecule has 154 valence electrons. The third-order valence-electron chi connectivity index (χ3n) is 5.35. The van der Waals surface area contributed by atoms with Crippen LogP contribution in [-0.2, 0) is 6.42 Å². The summed E-state index contributed by atoms with van der Waals surface area (Å²) >= 11 is 13.9. The summed E-state index contributed by atoms with van der Waals surface area (Å²) in [5.74, 6) is 0.616. The number of hydrogen-bond acceptors (Lipinski definition) is 5. The summed E-state index contributed by atoms with van der Waals surface area (Å²) in [6, 6.07) is 13.1. The number of hydrogen-bond donors (Lipinski definition) is 0. The molecule has 0 spiro atoms. The fourth-order valence-corrected chi connectivity index (χ4v) is 5.15. The summed E-state index contributed by atoms with van der Waals surface area (Å²) in [5.41, 5.74) is 2.59. The number of likely N-dealkylation sites (N-methyl/N-ethyl adjacent to an activating group) is 1. The summed E-state index contributed by atoms with van der Waals surface area (Å²) < 4.78 is 5.94. The van der Waals surface area contributed by atoms with Crippen molar-refractivity contribution in [3.8, 4) is 16.3 Å². The van der Waals surface area contributed by atoms with E-state index in [-0.39, 0.29) is 12.0 Å². The van der Waals surface area contributed by atoms with Gasteiger partial charge >= 0.3 is 0 Å². The van der Waals surface area contributed by atoms with Crippen LogP contribution in [0.2, 0.25) is 10.0 Å². The quantitative estimate of drug-likeness (QED) is 0.549. The van der Waals surface area contributed by atoms with Gasteiger partial charge in [-0.25, -0.2) is 4.98 Å². The molecule has 2 aliphatic rings. The summed E-state index contributed by atoms with van der Waals surface area (Å²) in [5, 5.41) is 2.03. The molecule has 0 unspecified atom stereocenters. The fraction of sp³-hybridized carbons (Fsp3) is 0.273. The van der Waals surface area contributed by atoms with Crippen molar-refractivity contribution in [1.29, 1.82) is 0 Å². The monoisotopic (exact) mass is 459 g/mol. The minimum Gasteiger partial charge on any atom is -0.486 e. The molecule has 0 saturated carbocycles. The van der Waals surface area contributed by atoms with E-state index >= 15 is 0 Å². The summed E-state index contributed by atoms with van der Waals surface area (Å²) in [4.78, 5) is 22.5. The summed E-state index contributed by atoms with van der Waals surface area (Å²) in [7, 11) is 2.05. The van der Waals surface area contributed by atoms with Crippen molar-refractivity contribution in [2.75, 3.05) is 31.6 Å². The van der Waals surface area contributed by atoms with E-state index in [2.05, 4.69) is 11.9 Å². The van der Waals surface area contributed by atoms with Crippen molar-refractivity contribution in [2.24, 2.45) is 0 Å². The van der Waals surface area contributed by atoms with Crippen molar-refractivity contribution >= 4 is 46.1 Å². The number of amides is 1. The van der Waals surface area contributed by atoms with Crippen molar-refractivity contribution in [2.45, 2.75) is 12.5 Å². The molecular weight excluding hydrogens is 441 g/mol. The van der Waals surface area contributed by atoms with Crippen LogP contribution in [-0.4, -0.2) is 48.6 Å². The number of benzene rings is 2. The van der Waals surface area contributed by atoms with Gasteiger partial charge < -0.3 is 9.64 Å². The maximum Gasteiger partial charge on any atom is 0.270 e. The molecule has 2 aromatic carbocycles. The van der Waals surface area contributed by atoms with Gasteiger partial charge in [0.15, 0.2) is 0 Å². The van der Waals surface area contributed by atoms with E-state index in [1.807, 2.05) is 42.5 Å². The van der Waals surface area contributed by atoms with Crippen LogP contribution < -0.4 is 9.64 Å². The van der Waals surface area contributed by atoms with Gasteiger partial charge in [0.05, 0.1) is 10.7 Å². The van der Waals surface area contributed by atoms with Crippen molar-refractivity contribution in [3.05, 3.63) is 63.1 Å². The number of carbonyl (C=O) groups is 1. The van der Waals surface area contributed by atoms with Crippen molar-refractivity contribution in [1.82, 2.24) is 9.88 Å². The van der Waals surface area contributed by atoms with Gasteiger partial charge in [-0.15, -0.1) is 11.3 Å². The lowest BCUT2D eigenvalue weighted by atomic mass is 10.1. The molecule has 0 N–H and O–H groups in total. The Bertz CT molecular complexity index is 1110. The molecule has 5 nitrogen and oxygen atoms in total. The number of halogens is 2. The lowest BCUT2D eigenvalue weighted by molar-refractivity contribution is 0.0389. The normalized spacial score (nSPS) is 17.0. The number of fused-ring (bicyclic) bond motifs is 1. The smallest absolute Gasteiger partial charge is 0.270 e. The van der Waals surface area contributed by atoms with Crippen LogP contribution in [0, 0.1) is 0 Å². The Morgan fingerprint density at radius 2 is 1.90 bits per heavy atom. The highest BCUT2D eigenvalue weighted by Gasteiger charge is 2.30. The summed E-state index contributed by atoms with van der Waals surface area (Å²) in [6.45, 7) is 2.36. The number of ether oxygens (including phenoxy) is 1. The van der Waals surface area contributed by atoms with Gasteiger partial charge in [0.1, 0.15) is 21.7 Å². The third-order valence-corrected chi connectivity index (χ3v) is 7.03. The van der Waals surface area contributed by atoms with E-state index in [1.54, 1.807) is 4.90 Å². The predicted octanol–water partition coefficient (Wildman–Crippen LogP) is 5.01. The first-order valence-corrected chi connectivity index (χ1v) is 11.3. The van der Waals surface area contributed by atoms with E-state index in [0.717, 1.165) is 35.0 Å². The van der Waals surface area contributed by atoms with Gasteiger partial charge in [-0.05, 0) is 37.4 Å². The zero-order valence-electron chi connectivity index (χ0n) is 16.3. The standard InChI is InChI=1S/C22H19Cl2N3O2S/c1-26-11-16(12-26)29-19-7-6-15(10-17(19)24)27-9-8-18-20(22(27)28)30-21(25-18)13-2-4-14(23)5-3-13/h2-7,10,16H,8-9,11-12H2,1H3. The molecule has 3 heterocycles. The average molecular weight is 460 g/mol. The molecule has 30 heavy (non-hydrogen) atoms. The minimum absolute atomic E-state index is 0.0423. The highest BCUT2D eigenvalue weighted by atomic mass is 35.5. The molecule has 3 aromatic rings. The first-order valence-electron chi connectivity index (χ1n) is 9.70. The second kappa shape index (κ2) is 7.85. The molecule has 1 fully saturated rings. The molecule has 8 heteroatoms. The van der Waals surface area contributed by atoms with Gasteiger partial charge in [-0.1, -0.05) is 35.3 Å². The lowest BCUT2D eigenvalue weighted by Crippen LogP contribution is -2.51. The van der Waals surface area contributed by atoms with Crippen molar-refractivity contribution < 1.29 is 9.53 Å². The van der Waals surface area contributed by atoms with Gasteiger partial charge in [-0.3, -0.25) is 9.69 Å². The number of thiazole rings is 1. The minimum atomic E-state index is -0.0423. The molecule has 5 rings (SSSR count). The topological polar surface area (TPSA) is 45.7 Å². The molecule has 0 radical (unpaired) electrons. The van der Waals surface area contributed by atoms with E-state index in [4.69, 9.17) is 32.9 Å². The SMILES string of the molecule is CN1CC(Oc2ccc(N3CCc4nc(-c5ccc(Cl)cc5)sc4C3=O)cc2Cl)C1. The predicted molar refractivity (Wildman–Crippen MR) is 121 cm³/mol. The van der Waals surface area contributed by atoms with Crippen LogP contribution >= 0.6 is 34.5 Å². The molecule has 1 aromatic heterocycles. The number of anilines is 1. The second-order valence-electron chi connectivity index (χ2n) is 7.58. The van der Waals surface area contributed by atoms with Gasteiger partial charge in [0.25, 0.3) is 5.91 Å². The number of rotatable bonds is 4. The van der Waals surface area contributed by atoms with Gasteiger partial charge in [-0.2, -0.15) is 0 Å². The Hall–Kier alpha value is -2.12. The Morgan fingerprint density at radius 3 is 2.60 bits per heavy atom. The van der Waals surface area contributed by atoms with E-state index in [1.165, 1.54) is 11.3 Å². The Morgan fingerprint density at radius 1 is 1.13 bits per heavy atom. The van der Waals surface area contributed by atoms with Crippen LogP contribution in [0.3, 0.4) is 0 Å². The zero-order chi connectivity index (χ0) is 20.8. The maximum atomic E-state index is 13.2. The van der Waals surface area contributed by atoms with Gasteiger partial charge in [0, 0.05) is 42.3 Å². The highest BCUT2D eigenvalue weighted by Crippen LogP contribution is 2.36. The largest absolute Gasteiger partial charge is 0.486 e. The molecule has 2 aliphatic heterocycles. The fourth-order valence-electron chi connectivity index (χ4n) is 3.74. The zero-order valence-corrected chi connectivity index (χ0v) is 18.6. The van der Waals surface area contributed by atoms with E-state index in [9.17, 15) is 4.79 Å². The maximum absolute atomic E-state index is 13.2. The molecule has 1 amide bonds. The molecule has 0 bridgehead atoms. The van der Waals surface area contributed by atoms with Gasteiger partial charge in [0.2, 0.25) is 0 Å². The lowest BCUT2D eigenvalue weighted by Gasteiger charge is -2.36.